The predicted octanol–water partition coefficient (Wildman–Crippen LogP) is 3.66. The largest absolute Gasteiger partial charge is 0.485 e. The van der Waals surface area contributed by atoms with E-state index in [9.17, 15) is 4.39 Å². The van der Waals surface area contributed by atoms with E-state index in [0.717, 1.165) is 19.3 Å². The first-order chi connectivity index (χ1) is 11.2. The average Bonchev–Trinajstić information content (AvgIpc) is 3.01. The number of halogens is 2. The van der Waals surface area contributed by atoms with E-state index in [1.165, 1.54) is 31.4 Å². The van der Waals surface area contributed by atoms with E-state index in [4.69, 9.17) is 15.0 Å². The third-order valence-corrected chi connectivity index (χ3v) is 4.55. The van der Waals surface area contributed by atoms with Crippen LogP contribution in [0.5, 0.6) is 5.75 Å². The maximum Gasteiger partial charge on any atom is 0.227 e. The molecular weight excluding hydrogens is 333 g/mol. The zero-order chi connectivity index (χ0) is 16.1. The standard InChI is InChI=1S/C17H22FN3O2.ClH/c18-13-5-4-6-14(9-13)22-11-15-20-16(23-21-15)10-17(12-19)7-2-1-3-8-17;/h4-6,9H,1-3,7-8,10-12,19H2;1H. The Bertz CT molecular complexity index is 644. The van der Waals surface area contributed by atoms with Crippen LogP contribution in [0.2, 0.25) is 0 Å². The van der Waals surface area contributed by atoms with Crippen molar-refractivity contribution >= 4 is 12.4 Å². The van der Waals surface area contributed by atoms with Gasteiger partial charge in [-0.2, -0.15) is 4.98 Å². The molecule has 1 aromatic heterocycles. The summed E-state index contributed by atoms with van der Waals surface area (Å²) in [5.41, 5.74) is 6.08. The zero-order valence-electron chi connectivity index (χ0n) is 13.5. The van der Waals surface area contributed by atoms with Crippen LogP contribution in [0.1, 0.15) is 43.8 Å². The van der Waals surface area contributed by atoms with Crippen LogP contribution in [-0.4, -0.2) is 16.7 Å². The van der Waals surface area contributed by atoms with Crippen LogP contribution in [0.15, 0.2) is 28.8 Å². The lowest BCUT2D eigenvalue weighted by Gasteiger charge is -2.34. The maximum atomic E-state index is 13.1. The van der Waals surface area contributed by atoms with Gasteiger partial charge in [-0.1, -0.05) is 30.5 Å². The summed E-state index contributed by atoms with van der Waals surface area (Å²) in [6, 6.07) is 5.98. The van der Waals surface area contributed by atoms with Crippen molar-refractivity contribution in [3.63, 3.8) is 0 Å². The summed E-state index contributed by atoms with van der Waals surface area (Å²) in [7, 11) is 0. The van der Waals surface area contributed by atoms with Gasteiger partial charge in [0.2, 0.25) is 11.7 Å². The van der Waals surface area contributed by atoms with E-state index in [0.29, 0.717) is 24.0 Å². The van der Waals surface area contributed by atoms with E-state index in [1.807, 2.05) is 0 Å². The van der Waals surface area contributed by atoms with E-state index >= 15 is 0 Å². The number of hydrogen-bond donors (Lipinski definition) is 1. The minimum atomic E-state index is -0.335. The third-order valence-electron chi connectivity index (χ3n) is 4.55. The summed E-state index contributed by atoms with van der Waals surface area (Å²) in [5.74, 6) is 1.18. The highest BCUT2D eigenvalue weighted by molar-refractivity contribution is 5.85. The van der Waals surface area contributed by atoms with E-state index in [2.05, 4.69) is 10.1 Å². The van der Waals surface area contributed by atoms with Gasteiger partial charge in [0.05, 0.1) is 0 Å². The smallest absolute Gasteiger partial charge is 0.227 e. The fourth-order valence-corrected chi connectivity index (χ4v) is 3.20. The lowest BCUT2D eigenvalue weighted by Crippen LogP contribution is -2.35. The van der Waals surface area contributed by atoms with Crippen LogP contribution in [0.4, 0.5) is 4.39 Å². The second kappa shape index (κ2) is 8.44. The molecule has 1 aliphatic rings. The van der Waals surface area contributed by atoms with Gasteiger partial charge >= 0.3 is 0 Å². The zero-order valence-corrected chi connectivity index (χ0v) is 14.4. The Morgan fingerprint density at radius 2 is 2.04 bits per heavy atom. The number of ether oxygens (including phenoxy) is 1. The lowest BCUT2D eigenvalue weighted by molar-refractivity contribution is 0.177. The van der Waals surface area contributed by atoms with Gasteiger partial charge in [0.1, 0.15) is 11.6 Å². The number of nitrogens with zero attached hydrogens (tertiary/aromatic N) is 2. The first-order valence-corrected chi connectivity index (χ1v) is 8.09. The monoisotopic (exact) mass is 355 g/mol. The summed E-state index contributed by atoms with van der Waals surface area (Å²) < 4.78 is 23.9. The Balaban J connectivity index is 0.00000208. The van der Waals surface area contributed by atoms with Gasteiger partial charge in [-0.3, -0.25) is 0 Å². The lowest BCUT2D eigenvalue weighted by atomic mass is 9.72. The number of benzene rings is 1. The van der Waals surface area contributed by atoms with Crippen molar-refractivity contribution in [3.05, 3.63) is 41.8 Å². The van der Waals surface area contributed by atoms with Crippen molar-refractivity contribution in [1.29, 1.82) is 0 Å². The van der Waals surface area contributed by atoms with E-state index in [1.54, 1.807) is 12.1 Å². The molecule has 1 fully saturated rings. The summed E-state index contributed by atoms with van der Waals surface area (Å²) in [6.07, 6.45) is 6.64. The molecule has 24 heavy (non-hydrogen) atoms. The molecule has 0 amide bonds. The van der Waals surface area contributed by atoms with E-state index < -0.39 is 0 Å². The van der Waals surface area contributed by atoms with Crippen molar-refractivity contribution in [2.75, 3.05) is 6.54 Å². The SMILES string of the molecule is Cl.NCC1(Cc2nc(COc3cccc(F)c3)no2)CCCCC1. The second-order valence-corrected chi connectivity index (χ2v) is 6.29. The minimum Gasteiger partial charge on any atom is -0.485 e. The van der Waals surface area contributed by atoms with Crippen LogP contribution in [0.3, 0.4) is 0 Å². The molecule has 0 bridgehead atoms. The summed E-state index contributed by atoms with van der Waals surface area (Å²) in [5, 5.41) is 3.94. The molecule has 2 aromatic rings. The van der Waals surface area contributed by atoms with Crippen molar-refractivity contribution in [1.82, 2.24) is 10.1 Å². The Morgan fingerprint density at radius 3 is 2.75 bits per heavy atom. The third kappa shape index (κ3) is 4.68. The van der Waals surface area contributed by atoms with Crippen molar-refractivity contribution in [3.8, 4) is 5.75 Å². The van der Waals surface area contributed by atoms with Gasteiger partial charge in [-0.15, -0.1) is 12.4 Å². The van der Waals surface area contributed by atoms with Gasteiger partial charge < -0.3 is 15.0 Å². The maximum absolute atomic E-state index is 13.1. The molecule has 3 rings (SSSR count). The molecular formula is C17H23ClFN3O2. The average molecular weight is 356 g/mol. The first kappa shape index (κ1) is 18.7. The minimum absolute atomic E-state index is 0. The molecule has 2 N–H and O–H groups in total. The van der Waals surface area contributed by atoms with Crippen LogP contribution < -0.4 is 10.5 Å². The molecule has 1 aliphatic carbocycles. The fourth-order valence-electron chi connectivity index (χ4n) is 3.20. The van der Waals surface area contributed by atoms with Crippen molar-refractivity contribution in [2.24, 2.45) is 11.1 Å². The van der Waals surface area contributed by atoms with Crippen molar-refractivity contribution < 1.29 is 13.7 Å². The molecule has 0 spiro atoms. The molecule has 1 aromatic carbocycles. The molecule has 0 saturated heterocycles. The molecule has 0 unspecified atom stereocenters. The van der Waals surface area contributed by atoms with Gasteiger partial charge in [0, 0.05) is 12.5 Å². The van der Waals surface area contributed by atoms with Crippen LogP contribution in [-0.2, 0) is 13.0 Å². The van der Waals surface area contributed by atoms with Gasteiger partial charge in [-0.05, 0) is 36.9 Å². The highest BCUT2D eigenvalue weighted by atomic mass is 35.5. The summed E-state index contributed by atoms with van der Waals surface area (Å²) in [4.78, 5) is 4.38. The molecule has 1 saturated carbocycles. The Kier molecular flexibility index (Phi) is 6.57. The van der Waals surface area contributed by atoms with Gasteiger partial charge in [-0.25, -0.2) is 4.39 Å². The molecule has 5 nitrogen and oxygen atoms in total. The normalized spacial score (nSPS) is 16.4. The Hall–Kier alpha value is -1.66. The summed E-state index contributed by atoms with van der Waals surface area (Å²) in [6.45, 7) is 0.799. The molecule has 7 heteroatoms. The summed E-state index contributed by atoms with van der Waals surface area (Å²) >= 11 is 0. The first-order valence-electron chi connectivity index (χ1n) is 8.09. The van der Waals surface area contributed by atoms with Crippen LogP contribution in [0, 0.1) is 11.2 Å². The number of aromatic nitrogens is 2. The topological polar surface area (TPSA) is 74.2 Å². The molecule has 1 heterocycles. The molecule has 132 valence electrons. The number of nitrogens with two attached hydrogens (primary N) is 1. The van der Waals surface area contributed by atoms with Gasteiger partial charge in [0.25, 0.3) is 0 Å². The second-order valence-electron chi connectivity index (χ2n) is 6.29. The van der Waals surface area contributed by atoms with Crippen LogP contribution in [0.25, 0.3) is 0 Å². The van der Waals surface area contributed by atoms with E-state index in [-0.39, 0.29) is 30.2 Å². The highest BCUT2D eigenvalue weighted by Crippen LogP contribution is 2.38. The quantitative estimate of drug-likeness (QED) is 0.855. The number of rotatable bonds is 6. The Morgan fingerprint density at radius 1 is 1.25 bits per heavy atom. The molecule has 0 atom stereocenters. The predicted molar refractivity (Wildman–Crippen MR) is 90.6 cm³/mol. The Labute approximate surface area is 147 Å². The highest BCUT2D eigenvalue weighted by Gasteiger charge is 2.32. The molecule has 0 radical (unpaired) electrons. The van der Waals surface area contributed by atoms with Crippen LogP contribution >= 0.6 is 12.4 Å². The fraction of sp³-hybridized carbons (Fsp3) is 0.529. The number of hydrogen-bond acceptors (Lipinski definition) is 5. The van der Waals surface area contributed by atoms with Crippen molar-refractivity contribution in [2.45, 2.75) is 45.1 Å². The molecule has 0 aliphatic heterocycles. The van der Waals surface area contributed by atoms with Gasteiger partial charge in [0.15, 0.2) is 6.61 Å².